The lowest BCUT2D eigenvalue weighted by Crippen LogP contribution is -2.30. The van der Waals surface area contributed by atoms with Crippen LogP contribution >= 0.6 is 0 Å². The number of allylic oxidation sites excluding steroid dienone is 2. The maximum absolute atomic E-state index is 12.5. The third kappa shape index (κ3) is 1.97. The van der Waals surface area contributed by atoms with Gasteiger partial charge in [0.25, 0.3) is 0 Å². The molecule has 0 unspecified atom stereocenters. The molecule has 1 aliphatic heterocycles. The number of aliphatic hydroxyl groups is 1. The summed E-state index contributed by atoms with van der Waals surface area (Å²) in [5.74, 6) is -0.951. The summed E-state index contributed by atoms with van der Waals surface area (Å²) in [5, 5.41) is 10.3. The third-order valence-corrected chi connectivity index (χ3v) is 4.28. The Kier molecular flexibility index (Phi) is 3.27. The quantitative estimate of drug-likeness (QED) is 0.546. The van der Waals surface area contributed by atoms with Gasteiger partial charge >= 0.3 is 6.09 Å². The summed E-state index contributed by atoms with van der Waals surface area (Å²) in [5.41, 5.74) is 17.2. The molecule has 1 aromatic heterocycles. The molecule has 7 N–H and O–H groups in total. The molecule has 122 valence electrons. The molecular weight excluding hydrogens is 304 g/mol. The van der Waals surface area contributed by atoms with E-state index in [4.69, 9.17) is 21.9 Å². The van der Waals surface area contributed by atoms with E-state index < -0.39 is 29.8 Å². The molecule has 0 radical (unpaired) electrons. The maximum Gasteiger partial charge on any atom is 0.404 e. The normalized spacial score (nSPS) is 23.1. The zero-order chi connectivity index (χ0) is 17.0. The molecule has 9 nitrogen and oxygen atoms in total. The molecule has 1 aliphatic carbocycles. The lowest BCUT2D eigenvalue weighted by Gasteiger charge is -2.17. The summed E-state index contributed by atoms with van der Waals surface area (Å²) < 4.78 is 6.26. The highest BCUT2D eigenvalue weighted by atomic mass is 16.5. The molecule has 0 bridgehead atoms. The van der Waals surface area contributed by atoms with E-state index in [1.54, 1.807) is 0 Å². The number of amides is 1. The van der Waals surface area contributed by atoms with Crippen LogP contribution in [0.2, 0.25) is 0 Å². The number of Topliss-reactive ketones (excluding diaryl/α,β-unsaturated/α-hetero) is 2. The number of carbonyl (C=O) groups is 3. The van der Waals surface area contributed by atoms with Crippen molar-refractivity contribution in [2.24, 2.45) is 17.2 Å². The van der Waals surface area contributed by atoms with Crippen LogP contribution in [0.3, 0.4) is 0 Å². The van der Waals surface area contributed by atoms with Crippen molar-refractivity contribution in [3.8, 4) is 0 Å². The van der Waals surface area contributed by atoms with Gasteiger partial charge in [-0.15, -0.1) is 0 Å². The molecule has 0 aromatic carbocycles. The van der Waals surface area contributed by atoms with Crippen LogP contribution < -0.4 is 17.2 Å². The molecule has 1 aromatic rings. The summed E-state index contributed by atoms with van der Waals surface area (Å²) in [4.78, 5) is 35.9. The molecule has 2 heterocycles. The molecule has 1 amide bonds. The number of hydrogen-bond acceptors (Lipinski definition) is 7. The second-order valence-electron chi connectivity index (χ2n) is 5.61. The molecule has 3 rings (SSSR count). The first kappa shape index (κ1) is 15.3. The minimum absolute atomic E-state index is 0.0419. The van der Waals surface area contributed by atoms with Crippen molar-refractivity contribution in [1.29, 1.82) is 0 Å². The van der Waals surface area contributed by atoms with Gasteiger partial charge in [-0.2, -0.15) is 0 Å². The number of fused-ring (bicyclic) bond motifs is 3. The molecule has 23 heavy (non-hydrogen) atoms. The molecule has 0 fully saturated rings. The molecule has 0 saturated carbocycles. The number of ketones is 2. The minimum Gasteiger partial charge on any atom is -0.445 e. The number of rotatable bonds is 2. The van der Waals surface area contributed by atoms with Gasteiger partial charge in [0.05, 0.1) is 23.0 Å². The van der Waals surface area contributed by atoms with E-state index in [1.165, 1.54) is 11.5 Å². The number of nitrogens with zero attached hydrogens (tertiary/aromatic N) is 1. The average molecular weight is 320 g/mol. The van der Waals surface area contributed by atoms with Crippen molar-refractivity contribution < 1.29 is 24.2 Å². The maximum atomic E-state index is 12.5. The summed E-state index contributed by atoms with van der Waals surface area (Å²) in [6.45, 7) is 1.28. The lowest BCUT2D eigenvalue weighted by atomic mass is 9.89. The van der Waals surface area contributed by atoms with E-state index in [0.717, 1.165) is 0 Å². The minimum atomic E-state index is -1.09. The van der Waals surface area contributed by atoms with Crippen LogP contribution in [-0.4, -0.2) is 33.4 Å². The Bertz CT molecular complexity index is 792. The van der Waals surface area contributed by atoms with Crippen LogP contribution in [0.4, 0.5) is 4.79 Å². The van der Waals surface area contributed by atoms with Crippen LogP contribution in [0, 0.1) is 0 Å². The Morgan fingerprint density at radius 2 is 2.04 bits per heavy atom. The van der Waals surface area contributed by atoms with E-state index >= 15 is 0 Å². The molecule has 0 spiro atoms. The highest BCUT2D eigenvalue weighted by Crippen LogP contribution is 2.39. The second-order valence-corrected chi connectivity index (χ2v) is 5.61. The van der Waals surface area contributed by atoms with Gasteiger partial charge in [-0.1, -0.05) is 0 Å². The van der Waals surface area contributed by atoms with Crippen LogP contribution in [0.1, 0.15) is 45.1 Å². The van der Waals surface area contributed by atoms with Crippen molar-refractivity contribution in [2.75, 3.05) is 0 Å². The molecule has 2 atom stereocenters. The van der Waals surface area contributed by atoms with Gasteiger partial charge in [0.2, 0.25) is 11.6 Å². The molecule has 2 aliphatic rings. The Hall–Kier alpha value is -2.65. The fourth-order valence-corrected chi connectivity index (χ4v) is 3.11. The summed E-state index contributed by atoms with van der Waals surface area (Å²) in [6, 6.07) is -0.630. The third-order valence-electron chi connectivity index (χ3n) is 4.28. The van der Waals surface area contributed by atoms with Gasteiger partial charge < -0.3 is 31.6 Å². The fraction of sp³-hybridized carbons (Fsp3) is 0.357. The van der Waals surface area contributed by atoms with Crippen molar-refractivity contribution in [1.82, 2.24) is 4.57 Å². The van der Waals surface area contributed by atoms with E-state index in [2.05, 4.69) is 0 Å². The Balaban J connectivity index is 2.25. The van der Waals surface area contributed by atoms with E-state index in [-0.39, 0.29) is 46.9 Å². The van der Waals surface area contributed by atoms with Gasteiger partial charge in [-0.25, -0.2) is 4.79 Å². The van der Waals surface area contributed by atoms with Crippen molar-refractivity contribution >= 4 is 17.7 Å². The van der Waals surface area contributed by atoms with Gasteiger partial charge in [0.1, 0.15) is 18.4 Å². The Labute approximate surface area is 130 Å². The predicted molar refractivity (Wildman–Crippen MR) is 77.3 cm³/mol. The molecule has 0 saturated heterocycles. The SMILES string of the molecule is CC1=C(N)C(=O)c2c(COC(N)=O)c3n(c2C1=O)C[C@H](N)[C@@H]3O. The number of ether oxygens (including phenoxy) is 1. The first-order valence-corrected chi connectivity index (χ1v) is 6.92. The number of aromatic nitrogens is 1. The largest absolute Gasteiger partial charge is 0.445 e. The number of aliphatic hydroxyl groups excluding tert-OH is 1. The fourth-order valence-electron chi connectivity index (χ4n) is 3.11. The van der Waals surface area contributed by atoms with Crippen LogP contribution in [0.15, 0.2) is 11.3 Å². The second kappa shape index (κ2) is 4.93. The number of primary amides is 1. The van der Waals surface area contributed by atoms with Gasteiger partial charge in [-0.3, -0.25) is 9.59 Å². The van der Waals surface area contributed by atoms with E-state index in [1.807, 2.05) is 0 Å². The number of nitrogens with two attached hydrogens (primary N) is 3. The van der Waals surface area contributed by atoms with E-state index in [0.29, 0.717) is 0 Å². The predicted octanol–water partition coefficient (Wildman–Crippen LogP) is -0.931. The smallest absolute Gasteiger partial charge is 0.404 e. The van der Waals surface area contributed by atoms with Gasteiger partial charge in [0.15, 0.2) is 0 Å². The van der Waals surface area contributed by atoms with Crippen LogP contribution in [-0.2, 0) is 17.9 Å². The lowest BCUT2D eigenvalue weighted by molar-refractivity contribution is 0.0964. The van der Waals surface area contributed by atoms with Crippen molar-refractivity contribution in [2.45, 2.75) is 32.2 Å². The zero-order valence-electron chi connectivity index (χ0n) is 12.3. The molecular formula is C14H16N4O5. The monoisotopic (exact) mass is 320 g/mol. The van der Waals surface area contributed by atoms with Crippen LogP contribution in [0.5, 0.6) is 0 Å². The topological polar surface area (TPSA) is 164 Å². The zero-order valence-corrected chi connectivity index (χ0v) is 12.3. The average Bonchev–Trinajstić information content (AvgIpc) is 2.96. The van der Waals surface area contributed by atoms with Crippen LogP contribution in [0.25, 0.3) is 0 Å². The highest BCUT2D eigenvalue weighted by molar-refractivity contribution is 6.26. The van der Waals surface area contributed by atoms with Gasteiger partial charge in [0, 0.05) is 17.7 Å². The van der Waals surface area contributed by atoms with Crippen molar-refractivity contribution in [3.05, 3.63) is 33.8 Å². The van der Waals surface area contributed by atoms with Crippen molar-refractivity contribution in [3.63, 3.8) is 0 Å². The first-order chi connectivity index (χ1) is 10.8. The number of carbonyl (C=O) groups excluding carboxylic acids is 3. The summed E-state index contributed by atoms with van der Waals surface area (Å²) in [6.07, 6.45) is -2.13. The highest BCUT2D eigenvalue weighted by Gasteiger charge is 2.43. The Morgan fingerprint density at radius 3 is 2.65 bits per heavy atom. The summed E-state index contributed by atoms with van der Waals surface area (Å²) >= 11 is 0. The summed E-state index contributed by atoms with van der Waals surface area (Å²) in [7, 11) is 0. The standard InChI is InChI=1S/C14H16N4O5/c1-4-8(16)13(21)7-5(3-23-14(17)22)9-12(20)6(15)2-18(9)10(7)11(4)19/h6,12,20H,2-3,15-16H2,1H3,(H2,17,22)/t6-,12-/m0/s1. The first-order valence-electron chi connectivity index (χ1n) is 6.92. The van der Waals surface area contributed by atoms with E-state index in [9.17, 15) is 19.5 Å². The molecule has 9 heteroatoms. The van der Waals surface area contributed by atoms with Gasteiger partial charge in [-0.05, 0) is 6.92 Å². The number of hydrogen-bond donors (Lipinski definition) is 4. The Morgan fingerprint density at radius 1 is 1.39 bits per heavy atom.